The van der Waals surface area contributed by atoms with Crippen molar-refractivity contribution in [1.82, 2.24) is 4.98 Å². The summed E-state index contributed by atoms with van der Waals surface area (Å²) in [5, 5.41) is 0.645. The lowest BCUT2D eigenvalue weighted by atomic mass is 9.95. The molecule has 0 amide bonds. The van der Waals surface area contributed by atoms with E-state index < -0.39 is 0 Å². The van der Waals surface area contributed by atoms with E-state index in [0.717, 1.165) is 36.2 Å². The number of piperidine rings is 1. The van der Waals surface area contributed by atoms with Crippen LogP contribution in [0.25, 0.3) is 0 Å². The van der Waals surface area contributed by atoms with Crippen LogP contribution in [0.3, 0.4) is 0 Å². The Morgan fingerprint density at radius 1 is 1.59 bits per heavy atom. The molecule has 5 heteroatoms. The Morgan fingerprint density at radius 2 is 2.35 bits per heavy atom. The van der Waals surface area contributed by atoms with Gasteiger partial charge in [0, 0.05) is 26.4 Å². The molecule has 1 aliphatic rings. The van der Waals surface area contributed by atoms with Crippen molar-refractivity contribution in [3.8, 4) is 0 Å². The Bertz CT molecular complexity index is 415. The molecule has 0 radical (unpaired) electrons. The zero-order valence-corrected chi connectivity index (χ0v) is 12.4. The Morgan fingerprint density at radius 3 is 3.00 bits per heavy atom. The number of halogens is 2. The summed E-state index contributed by atoms with van der Waals surface area (Å²) in [6.07, 6.45) is 3.88. The third kappa shape index (κ3) is 2.92. The summed E-state index contributed by atoms with van der Waals surface area (Å²) < 4.78 is 6.52. The van der Waals surface area contributed by atoms with Crippen molar-refractivity contribution in [1.29, 1.82) is 0 Å². The fourth-order valence-corrected chi connectivity index (χ4v) is 3.08. The summed E-state index contributed by atoms with van der Waals surface area (Å²) in [7, 11) is 1.77. The third-order valence-corrected chi connectivity index (χ3v) is 4.03. The van der Waals surface area contributed by atoms with Gasteiger partial charge >= 0.3 is 0 Å². The summed E-state index contributed by atoms with van der Waals surface area (Å²) >= 11 is 9.42. The first-order valence-corrected chi connectivity index (χ1v) is 6.82. The van der Waals surface area contributed by atoms with E-state index in [0.29, 0.717) is 5.02 Å². The zero-order valence-electron chi connectivity index (χ0n) is 10.0. The highest BCUT2D eigenvalue weighted by Gasteiger charge is 2.31. The molecule has 1 unspecified atom stereocenters. The Labute approximate surface area is 115 Å². The molecule has 3 nitrogen and oxygen atoms in total. The summed E-state index contributed by atoms with van der Waals surface area (Å²) in [5.74, 6) is 0.942. The van der Waals surface area contributed by atoms with E-state index >= 15 is 0 Å². The van der Waals surface area contributed by atoms with E-state index in [4.69, 9.17) is 16.3 Å². The van der Waals surface area contributed by atoms with Gasteiger partial charge < -0.3 is 9.64 Å². The van der Waals surface area contributed by atoms with Crippen LogP contribution in [0.15, 0.2) is 16.7 Å². The Kier molecular flexibility index (Phi) is 3.95. The lowest BCUT2D eigenvalue weighted by molar-refractivity contribution is -0.00484. The smallest absolute Gasteiger partial charge is 0.143 e. The maximum absolute atomic E-state index is 5.90. The average Bonchev–Trinajstić information content (AvgIpc) is 2.29. The van der Waals surface area contributed by atoms with Crippen molar-refractivity contribution in [2.75, 3.05) is 25.1 Å². The number of hydrogen-bond acceptors (Lipinski definition) is 3. The second-order valence-electron chi connectivity index (χ2n) is 4.64. The minimum atomic E-state index is -0.0843. The van der Waals surface area contributed by atoms with E-state index in [9.17, 15) is 0 Å². The normalized spacial score (nSPS) is 25.1. The summed E-state index contributed by atoms with van der Waals surface area (Å²) in [4.78, 5) is 6.64. The van der Waals surface area contributed by atoms with Gasteiger partial charge in [0.2, 0.25) is 0 Å². The van der Waals surface area contributed by atoms with Crippen LogP contribution in [-0.4, -0.2) is 30.8 Å². The summed E-state index contributed by atoms with van der Waals surface area (Å²) in [6, 6.07) is 1.88. The first kappa shape index (κ1) is 13.1. The topological polar surface area (TPSA) is 25.4 Å². The fourth-order valence-electron chi connectivity index (χ4n) is 2.19. The second kappa shape index (κ2) is 5.12. The minimum Gasteiger partial charge on any atom is -0.377 e. The standard InChI is InChI=1S/C12H16BrClN2O/c1-12(17-2)4-3-5-16(8-12)11-10(13)6-9(14)7-15-11/h6-7H,3-5,8H2,1-2H3. The van der Waals surface area contributed by atoms with Crippen molar-refractivity contribution in [3.63, 3.8) is 0 Å². The Balaban J connectivity index is 2.22. The molecule has 0 aliphatic carbocycles. The van der Waals surface area contributed by atoms with Crippen molar-refractivity contribution in [3.05, 3.63) is 21.8 Å². The summed E-state index contributed by atoms with van der Waals surface area (Å²) in [6.45, 7) is 4.01. The second-order valence-corrected chi connectivity index (χ2v) is 5.93. The van der Waals surface area contributed by atoms with E-state index in [2.05, 4.69) is 32.7 Å². The number of nitrogens with zero attached hydrogens (tertiary/aromatic N) is 2. The molecule has 0 aromatic carbocycles. The van der Waals surface area contributed by atoms with Gasteiger partial charge in [-0.25, -0.2) is 4.98 Å². The number of methoxy groups -OCH3 is 1. The molecule has 1 atom stereocenters. The molecule has 0 N–H and O–H groups in total. The van der Waals surface area contributed by atoms with E-state index in [1.165, 1.54) is 0 Å². The van der Waals surface area contributed by atoms with E-state index in [-0.39, 0.29) is 5.60 Å². The van der Waals surface area contributed by atoms with Gasteiger partial charge in [-0.15, -0.1) is 0 Å². The maximum atomic E-state index is 5.90. The van der Waals surface area contributed by atoms with Gasteiger partial charge in [0.15, 0.2) is 0 Å². The fraction of sp³-hybridized carbons (Fsp3) is 0.583. The van der Waals surface area contributed by atoms with Crippen LogP contribution in [-0.2, 0) is 4.74 Å². The van der Waals surface area contributed by atoms with Crippen LogP contribution in [0.5, 0.6) is 0 Å². The van der Waals surface area contributed by atoms with Gasteiger partial charge in [-0.1, -0.05) is 11.6 Å². The molecular formula is C12H16BrClN2O. The lowest BCUT2D eigenvalue weighted by Crippen LogP contribution is -2.47. The first-order chi connectivity index (χ1) is 8.04. The van der Waals surface area contributed by atoms with E-state index in [1.54, 1.807) is 13.3 Å². The molecule has 0 bridgehead atoms. The number of hydrogen-bond donors (Lipinski definition) is 0. The molecule has 1 fully saturated rings. The molecule has 0 saturated carbocycles. The lowest BCUT2D eigenvalue weighted by Gasteiger charge is -2.40. The molecule has 94 valence electrons. The molecule has 1 aromatic rings. The van der Waals surface area contributed by atoms with Crippen LogP contribution < -0.4 is 4.90 Å². The average molecular weight is 320 g/mol. The van der Waals surface area contributed by atoms with Crippen molar-refractivity contribution in [2.24, 2.45) is 0 Å². The molecule has 17 heavy (non-hydrogen) atoms. The largest absolute Gasteiger partial charge is 0.377 e. The molecule has 2 rings (SSSR count). The van der Waals surface area contributed by atoms with Gasteiger partial charge in [-0.05, 0) is 41.8 Å². The maximum Gasteiger partial charge on any atom is 0.143 e. The number of aromatic nitrogens is 1. The number of pyridine rings is 1. The van der Waals surface area contributed by atoms with Crippen molar-refractivity contribution >= 4 is 33.3 Å². The quantitative estimate of drug-likeness (QED) is 0.834. The number of ether oxygens (including phenoxy) is 1. The predicted molar refractivity (Wildman–Crippen MR) is 73.8 cm³/mol. The highest BCUT2D eigenvalue weighted by Crippen LogP contribution is 2.32. The van der Waals surface area contributed by atoms with Crippen molar-refractivity contribution in [2.45, 2.75) is 25.4 Å². The molecular weight excluding hydrogens is 304 g/mol. The number of anilines is 1. The highest BCUT2D eigenvalue weighted by molar-refractivity contribution is 9.10. The van der Waals surface area contributed by atoms with Crippen LogP contribution in [0, 0.1) is 0 Å². The van der Waals surface area contributed by atoms with Gasteiger partial charge in [0.25, 0.3) is 0 Å². The zero-order chi connectivity index (χ0) is 12.5. The van der Waals surface area contributed by atoms with Crippen LogP contribution in [0.4, 0.5) is 5.82 Å². The Hall–Kier alpha value is -0.320. The molecule has 2 heterocycles. The van der Waals surface area contributed by atoms with Crippen molar-refractivity contribution < 1.29 is 4.74 Å². The van der Waals surface area contributed by atoms with Gasteiger partial charge in [0.1, 0.15) is 5.82 Å². The van der Waals surface area contributed by atoms with Crippen LogP contribution >= 0.6 is 27.5 Å². The van der Waals surface area contributed by atoms with Gasteiger partial charge in [-0.3, -0.25) is 0 Å². The molecule has 0 spiro atoms. The molecule has 1 saturated heterocycles. The van der Waals surface area contributed by atoms with Gasteiger partial charge in [0.05, 0.1) is 15.1 Å². The summed E-state index contributed by atoms with van der Waals surface area (Å²) in [5.41, 5.74) is -0.0843. The third-order valence-electron chi connectivity index (χ3n) is 3.24. The van der Waals surface area contributed by atoms with Crippen LogP contribution in [0.2, 0.25) is 5.02 Å². The number of rotatable bonds is 2. The SMILES string of the molecule is COC1(C)CCCN(c2ncc(Cl)cc2Br)C1. The highest BCUT2D eigenvalue weighted by atomic mass is 79.9. The van der Waals surface area contributed by atoms with Gasteiger partial charge in [-0.2, -0.15) is 0 Å². The molecule has 1 aliphatic heterocycles. The van der Waals surface area contributed by atoms with E-state index in [1.807, 2.05) is 6.07 Å². The first-order valence-electron chi connectivity index (χ1n) is 5.65. The monoisotopic (exact) mass is 318 g/mol. The molecule has 1 aromatic heterocycles. The minimum absolute atomic E-state index is 0.0843. The predicted octanol–water partition coefficient (Wildman–Crippen LogP) is 3.50. The van der Waals surface area contributed by atoms with Crippen LogP contribution in [0.1, 0.15) is 19.8 Å².